The molecule has 25 heavy (non-hydrogen) atoms. The molecular formula is C17H19ClN2O2S3. The maximum absolute atomic E-state index is 12.2. The number of nitrogens with one attached hydrogen (secondary N) is 1. The van der Waals surface area contributed by atoms with Gasteiger partial charge in [-0.15, -0.1) is 11.3 Å². The lowest BCUT2D eigenvalue weighted by Crippen LogP contribution is -2.11. The number of aromatic nitrogens is 1. The molecule has 0 saturated heterocycles. The van der Waals surface area contributed by atoms with Crippen LogP contribution in [0.5, 0.6) is 0 Å². The van der Waals surface area contributed by atoms with Gasteiger partial charge in [-0.3, -0.25) is 10.1 Å². The lowest BCUT2D eigenvalue weighted by molar-refractivity contribution is 0.102. The number of amides is 1. The molecule has 0 aliphatic rings. The molecule has 0 spiro atoms. The van der Waals surface area contributed by atoms with E-state index < -0.39 is 0 Å². The highest BCUT2D eigenvalue weighted by Crippen LogP contribution is 2.25. The third-order valence-electron chi connectivity index (χ3n) is 3.25. The number of anilines is 1. The van der Waals surface area contributed by atoms with Crippen molar-refractivity contribution in [3.05, 3.63) is 45.4 Å². The maximum atomic E-state index is 12.2. The van der Waals surface area contributed by atoms with Crippen molar-refractivity contribution in [2.24, 2.45) is 0 Å². The van der Waals surface area contributed by atoms with Crippen molar-refractivity contribution in [1.29, 1.82) is 0 Å². The fraction of sp³-hybridized carbons (Fsp3) is 0.353. The van der Waals surface area contributed by atoms with Gasteiger partial charge in [-0.05, 0) is 63.2 Å². The molecule has 4 nitrogen and oxygen atoms in total. The Morgan fingerprint density at radius 2 is 2.12 bits per heavy atom. The van der Waals surface area contributed by atoms with Gasteiger partial charge in [-0.2, -0.15) is 0 Å². The zero-order chi connectivity index (χ0) is 18.2. The Bertz CT molecular complexity index is 732. The summed E-state index contributed by atoms with van der Waals surface area (Å²) in [6.45, 7) is 4.49. The van der Waals surface area contributed by atoms with Crippen LogP contribution in [0, 0.1) is 6.92 Å². The number of aryl methyl sites for hydroxylation is 2. The number of hydrogen-bond acceptors (Lipinski definition) is 6. The zero-order valence-electron chi connectivity index (χ0n) is 14.0. The van der Waals surface area contributed by atoms with Crippen molar-refractivity contribution < 1.29 is 9.53 Å². The van der Waals surface area contributed by atoms with Crippen LogP contribution in [0.3, 0.4) is 0 Å². The summed E-state index contributed by atoms with van der Waals surface area (Å²) in [7, 11) is 0. The molecule has 2 aromatic rings. The fourth-order valence-corrected chi connectivity index (χ4v) is 4.18. The summed E-state index contributed by atoms with van der Waals surface area (Å²) < 4.78 is 5.84. The van der Waals surface area contributed by atoms with Crippen LogP contribution in [-0.2, 0) is 11.2 Å². The van der Waals surface area contributed by atoms with Crippen LogP contribution in [0.1, 0.15) is 34.3 Å². The summed E-state index contributed by atoms with van der Waals surface area (Å²) in [6.07, 6.45) is 1.88. The van der Waals surface area contributed by atoms with E-state index in [0.717, 1.165) is 24.3 Å². The normalized spacial score (nSPS) is 10.5. The number of thiocarbonyl (C=S) groups is 1. The van der Waals surface area contributed by atoms with Gasteiger partial charge in [-0.25, -0.2) is 4.98 Å². The van der Waals surface area contributed by atoms with Gasteiger partial charge in [0.05, 0.1) is 12.3 Å². The SMILES string of the molecule is CCOC(=S)SCCCc1sc(NC(=O)c2ccc(Cl)cc2)nc1C. The van der Waals surface area contributed by atoms with Crippen LogP contribution in [-0.4, -0.2) is 27.6 Å². The number of thiazole rings is 1. The van der Waals surface area contributed by atoms with Crippen molar-refractivity contribution in [2.45, 2.75) is 26.7 Å². The number of carbonyl (C=O) groups is 1. The molecule has 1 aromatic carbocycles. The molecule has 1 amide bonds. The van der Waals surface area contributed by atoms with E-state index in [9.17, 15) is 4.79 Å². The third kappa shape index (κ3) is 6.58. The molecule has 1 aromatic heterocycles. The quantitative estimate of drug-likeness (QED) is 0.489. The van der Waals surface area contributed by atoms with Crippen LogP contribution in [0.25, 0.3) is 0 Å². The summed E-state index contributed by atoms with van der Waals surface area (Å²) >= 11 is 14.0. The first-order valence-electron chi connectivity index (χ1n) is 7.82. The highest BCUT2D eigenvalue weighted by atomic mass is 35.5. The second kappa shape index (κ2) is 10.1. The molecule has 0 unspecified atom stereocenters. The van der Waals surface area contributed by atoms with Crippen LogP contribution in [0.2, 0.25) is 5.02 Å². The van der Waals surface area contributed by atoms with E-state index in [4.69, 9.17) is 28.6 Å². The van der Waals surface area contributed by atoms with E-state index in [0.29, 0.717) is 26.7 Å². The highest BCUT2D eigenvalue weighted by Gasteiger charge is 2.12. The average Bonchev–Trinajstić information content (AvgIpc) is 2.92. The Morgan fingerprint density at radius 3 is 2.80 bits per heavy atom. The molecule has 0 bridgehead atoms. The lowest BCUT2D eigenvalue weighted by Gasteiger charge is -2.03. The molecule has 134 valence electrons. The number of hydrogen-bond donors (Lipinski definition) is 1. The van der Waals surface area contributed by atoms with Gasteiger partial charge in [0.25, 0.3) is 5.91 Å². The Balaban J connectivity index is 1.85. The smallest absolute Gasteiger partial charge is 0.257 e. The highest BCUT2D eigenvalue weighted by molar-refractivity contribution is 8.22. The molecule has 0 saturated carbocycles. The number of rotatable bonds is 7. The number of thioether (sulfide) groups is 1. The fourth-order valence-electron chi connectivity index (χ4n) is 2.03. The van der Waals surface area contributed by atoms with Crippen LogP contribution < -0.4 is 5.32 Å². The monoisotopic (exact) mass is 414 g/mol. The number of benzene rings is 1. The molecule has 0 aliphatic heterocycles. The maximum Gasteiger partial charge on any atom is 0.257 e. The minimum absolute atomic E-state index is 0.186. The van der Waals surface area contributed by atoms with E-state index >= 15 is 0 Å². The lowest BCUT2D eigenvalue weighted by atomic mass is 10.2. The molecule has 1 N–H and O–H groups in total. The van der Waals surface area contributed by atoms with Gasteiger partial charge >= 0.3 is 0 Å². The first kappa shape index (κ1) is 20.2. The molecule has 0 aliphatic carbocycles. The summed E-state index contributed by atoms with van der Waals surface area (Å²) in [5, 5.41) is 4.06. The molecule has 0 atom stereocenters. The van der Waals surface area contributed by atoms with E-state index in [2.05, 4.69) is 10.3 Å². The van der Waals surface area contributed by atoms with Gasteiger partial charge in [0.2, 0.25) is 4.38 Å². The molecule has 0 radical (unpaired) electrons. The van der Waals surface area contributed by atoms with Crippen LogP contribution in [0.4, 0.5) is 5.13 Å². The average molecular weight is 415 g/mol. The first-order chi connectivity index (χ1) is 12.0. The third-order valence-corrected chi connectivity index (χ3v) is 5.95. The first-order valence-corrected chi connectivity index (χ1v) is 10.4. The number of carbonyl (C=O) groups excluding carboxylic acids is 1. The standard InChI is InChI=1S/C17H19ClN2O2S3/c1-3-22-17(23)24-10-4-5-14-11(2)19-16(25-14)20-15(21)12-6-8-13(18)9-7-12/h6-9H,3-5,10H2,1-2H3,(H,19,20,21). The van der Waals surface area contributed by atoms with Gasteiger partial charge in [-0.1, -0.05) is 23.4 Å². The predicted octanol–water partition coefficient (Wildman–Crippen LogP) is 5.34. The van der Waals surface area contributed by atoms with Crippen LogP contribution in [0.15, 0.2) is 24.3 Å². The Hall–Kier alpha value is -1.15. The van der Waals surface area contributed by atoms with E-state index in [1.807, 2.05) is 13.8 Å². The minimum Gasteiger partial charge on any atom is -0.479 e. The van der Waals surface area contributed by atoms with Gasteiger partial charge in [0.1, 0.15) is 0 Å². The Morgan fingerprint density at radius 1 is 1.40 bits per heavy atom. The summed E-state index contributed by atoms with van der Waals surface area (Å²) in [5.41, 5.74) is 1.51. The molecule has 0 fully saturated rings. The van der Waals surface area contributed by atoms with Crippen molar-refractivity contribution >= 4 is 62.3 Å². The molecule has 8 heteroatoms. The number of ether oxygens (including phenoxy) is 1. The zero-order valence-corrected chi connectivity index (χ0v) is 17.2. The molecule has 1 heterocycles. The van der Waals surface area contributed by atoms with E-state index in [1.165, 1.54) is 16.2 Å². The van der Waals surface area contributed by atoms with Crippen LogP contribution >= 0.6 is 46.9 Å². The van der Waals surface area contributed by atoms with Gasteiger partial charge < -0.3 is 4.74 Å². The van der Waals surface area contributed by atoms with Crippen molar-refractivity contribution in [2.75, 3.05) is 17.7 Å². The Labute approximate surface area is 166 Å². The van der Waals surface area contributed by atoms with Gasteiger partial charge in [0, 0.05) is 21.2 Å². The molecule has 2 rings (SSSR count). The van der Waals surface area contributed by atoms with Crippen molar-refractivity contribution in [1.82, 2.24) is 4.98 Å². The summed E-state index contributed by atoms with van der Waals surface area (Å²) in [5.74, 6) is 0.720. The topological polar surface area (TPSA) is 51.2 Å². The number of nitrogens with zero attached hydrogens (tertiary/aromatic N) is 1. The largest absolute Gasteiger partial charge is 0.479 e. The molecular weight excluding hydrogens is 396 g/mol. The summed E-state index contributed by atoms with van der Waals surface area (Å²) in [4.78, 5) is 17.8. The van der Waals surface area contributed by atoms with E-state index in [1.54, 1.807) is 36.0 Å². The summed E-state index contributed by atoms with van der Waals surface area (Å²) in [6, 6.07) is 6.77. The minimum atomic E-state index is -0.186. The second-order valence-electron chi connectivity index (χ2n) is 5.12. The van der Waals surface area contributed by atoms with Gasteiger partial charge in [0.15, 0.2) is 5.13 Å². The van der Waals surface area contributed by atoms with Crippen molar-refractivity contribution in [3.63, 3.8) is 0 Å². The second-order valence-corrected chi connectivity index (χ2v) is 8.34. The van der Waals surface area contributed by atoms with E-state index in [-0.39, 0.29) is 5.91 Å². The predicted molar refractivity (Wildman–Crippen MR) is 111 cm³/mol. The van der Waals surface area contributed by atoms with Crippen molar-refractivity contribution in [3.8, 4) is 0 Å². The Kier molecular flexibility index (Phi) is 8.15. The number of halogens is 1.